The van der Waals surface area contributed by atoms with Gasteiger partial charge in [0.1, 0.15) is 10.7 Å². The van der Waals surface area contributed by atoms with Crippen molar-refractivity contribution in [2.24, 2.45) is 5.73 Å². The topological polar surface area (TPSA) is 64.3 Å². The predicted molar refractivity (Wildman–Crippen MR) is 81.2 cm³/mol. The van der Waals surface area contributed by atoms with E-state index in [2.05, 4.69) is 5.32 Å². The summed E-state index contributed by atoms with van der Waals surface area (Å²) in [6, 6.07) is 8.85. The van der Waals surface area contributed by atoms with Crippen LogP contribution in [-0.2, 0) is 0 Å². The summed E-state index contributed by atoms with van der Waals surface area (Å²) in [5.41, 5.74) is 6.87. The quantitative estimate of drug-likeness (QED) is 0.850. The first-order valence-electron chi connectivity index (χ1n) is 5.44. The first-order valence-corrected chi connectivity index (χ1v) is 6.73. The zero-order chi connectivity index (χ0) is 13.8. The zero-order valence-corrected chi connectivity index (χ0v) is 11.8. The van der Waals surface area contributed by atoms with Crippen LogP contribution in [0, 0.1) is 0 Å². The van der Waals surface area contributed by atoms with Crippen LogP contribution in [0.2, 0.25) is 0 Å². The van der Waals surface area contributed by atoms with E-state index in [4.69, 9.17) is 22.7 Å². The molecule has 1 aromatic carbocycles. The van der Waals surface area contributed by atoms with Gasteiger partial charge in [-0.1, -0.05) is 24.4 Å². The summed E-state index contributed by atoms with van der Waals surface area (Å²) in [5.74, 6) is 0.454. The van der Waals surface area contributed by atoms with Crippen LogP contribution < -0.4 is 15.8 Å². The third-order valence-electron chi connectivity index (χ3n) is 2.48. The number of para-hydroxylation sites is 1. The Bertz CT molecular complexity index is 623. The Morgan fingerprint density at radius 2 is 2.16 bits per heavy atom. The van der Waals surface area contributed by atoms with Gasteiger partial charge < -0.3 is 15.8 Å². The van der Waals surface area contributed by atoms with Gasteiger partial charge in [0, 0.05) is 17.0 Å². The minimum absolute atomic E-state index is 0.211. The summed E-state index contributed by atoms with van der Waals surface area (Å²) in [7, 11) is 1.56. The number of hydrogen-bond acceptors (Lipinski definition) is 4. The average Bonchev–Trinajstić information content (AvgIpc) is 2.88. The van der Waals surface area contributed by atoms with Crippen molar-refractivity contribution in [1.29, 1.82) is 0 Å². The van der Waals surface area contributed by atoms with E-state index in [9.17, 15) is 4.79 Å². The minimum atomic E-state index is -0.211. The maximum absolute atomic E-state index is 12.1. The molecule has 0 aliphatic rings. The number of thiocarbonyl (C=S) groups is 1. The van der Waals surface area contributed by atoms with Crippen molar-refractivity contribution in [1.82, 2.24) is 0 Å². The Morgan fingerprint density at radius 1 is 1.42 bits per heavy atom. The molecule has 1 amide bonds. The molecule has 0 atom stereocenters. The number of nitrogens with two attached hydrogens (primary N) is 1. The van der Waals surface area contributed by atoms with Gasteiger partial charge in [0.15, 0.2) is 0 Å². The number of ether oxygens (including phenoxy) is 1. The molecule has 0 spiro atoms. The highest BCUT2D eigenvalue weighted by Gasteiger charge is 2.12. The maximum atomic E-state index is 12.1. The van der Waals surface area contributed by atoms with Crippen LogP contribution in [0.1, 0.15) is 15.2 Å². The normalized spacial score (nSPS) is 9.95. The number of nitrogens with one attached hydrogen (secondary N) is 1. The summed E-state index contributed by atoms with van der Waals surface area (Å²) in [4.78, 5) is 12.9. The summed E-state index contributed by atoms with van der Waals surface area (Å²) >= 11 is 6.27. The number of rotatable bonds is 4. The molecule has 98 valence electrons. The second kappa shape index (κ2) is 5.81. The van der Waals surface area contributed by atoms with Gasteiger partial charge in [-0.3, -0.25) is 4.79 Å². The van der Waals surface area contributed by atoms with E-state index >= 15 is 0 Å². The zero-order valence-electron chi connectivity index (χ0n) is 10.2. The number of carbonyl (C=O) groups excluding carboxylic acids is 1. The van der Waals surface area contributed by atoms with Gasteiger partial charge >= 0.3 is 0 Å². The number of benzene rings is 1. The fourth-order valence-electron chi connectivity index (χ4n) is 1.54. The van der Waals surface area contributed by atoms with Crippen molar-refractivity contribution in [3.8, 4) is 5.75 Å². The molecule has 0 saturated heterocycles. The molecule has 2 rings (SSSR count). The lowest BCUT2D eigenvalue weighted by Gasteiger charge is -2.08. The summed E-state index contributed by atoms with van der Waals surface area (Å²) < 4.78 is 5.05. The molecule has 0 bridgehead atoms. The SMILES string of the molecule is COc1csc(C(=O)Nc2ccccc2C(N)=S)c1. The molecular weight excluding hydrogens is 280 g/mol. The lowest BCUT2D eigenvalue weighted by Crippen LogP contribution is -2.16. The Morgan fingerprint density at radius 3 is 2.79 bits per heavy atom. The van der Waals surface area contributed by atoms with Gasteiger partial charge in [-0.05, 0) is 12.1 Å². The third-order valence-corrected chi connectivity index (χ3v) is 3.60. The predicted octanol–water partition coefficient (Wildman–Crippen LogP) is 2.64. The lowest BCUT2D eigenvalue weighted by molar-refractivity contribution is 0.103. The van der Waals surface area contributed by atoms with E-state index in [1.54, 1.807) is 30.7 Å². The monoisotopic (exact) mass is 292 g/mol. The molecule has 0 unspecified atom stereocenters. The van der Waals surface area contributed by atoms with Crippen molar-refractivity contribution in [2.45, 2.75) is 0 Å². The number of methoxy groups -OCH3 is 1. The second-order valence-corrected chi connectivity index (χ2v) is 5.07. The first kappa shape index (κ1) is 13.5. The standard InChI is InChI=1S/C13H12N2O2S2/c1-17-8-6-11(19-7-8)13(16)15-10-5-3-2-4-9(10)12(14)18/h2-7H,1H3,(H2,14,18)(H,15,16). The number of hydrogen-bond donors (Lipinski definition) is 2. The van der Waals surface area contributed by atoms with Gasteiger partial charge in [0.2, 0.25) is 0 Å². The van der Waals surface area contributed by atoms with Crippen molar-refractivity contribution >= 4 is 40.1 Å². The van der Waals surface area contributed by atoms with Crippen LogP contribution in [0.4, 0.5) is 5.69 Å². The van der Waals surface area contributed by atoms with Crippen LogP contribution in [0.3, 0.4) is 0 Å². The molecule has 6 heteroatoms. The van der Waals surface area contributed by atoms with Gasteiger partial charge in [-0.2, -0.15) is 0 Å². The van der Waals surface area contributed by atoms with Crippen LogP contribution in [-0.4, -0.2) is 18.0 Å². The smallest absolute Gasteiger partial charge is 0.265 e. The third kappa shape index (κ3) is 3.10. The largest absolute Gasteiger partial charge is 0.496 e. The maximum Gasteiger partial charge on any atom is 0.265 e. The average molecular weight is 292 g/mol. The molecule has 0 fully saturated rings. The van der Waals surface area contributed by atoms with Crippen molar-refractivity contribution in [3.63, 3.8) is 0 Å². The molecule has 0 aliphatic heterocycles. The highest BCUT2D eigenvalue weighted by molar-refractivity contribution is 7.80. The fraction of sp³-hybridized carbons (Fsp3) is 0.0769. The van der Waals surface area contributed by atoms with Gasteiger partial charge in [0.25, 0.3) is 5.91 Å². The Kier molecular flexibility index (Phi) is 4.13. The van der Waals surface area contributed by atoms with E-state index in [1.807, 2.05) is 12.1 Å². The summed E-state index contributed by atoms with van der Waals surface area (Å²) in [6.07, 6.45) is 0. The van der Waals surface area contributed by atoms with Crippen LogP contribution >= 0.6 is 23.6 Å². The second-order valence-electron chi connectivity index (χ2n) is 3.71. The number of carbonyl (C=O) groups is 1. The van der Waals surface area contributed by atoms with Crippen molar-refractivity contribution in [2.75, 3.05) is 12.4 Å². The van der Waals surface area contributed by atoms with Crippen molar-refractivity contribution in [3.05, 3.63) is 46.2 Å². The molecule has 19 heavy (non-hydrogen) atoms. The Hall–Kier alpha value is -1.92. The molecule has 0 radical (unpaired) electrons. The first-order chi connectivity index (χ1) is 9.11. The Balaban J connectivity index is 2.21. The number of anilines is 1. The van der Waals surface area contributed by atoms with Gasteiger partial charge in [-0.15, -0.1) is 11.3 Å². The summed E-state index contributed by atoms with van der Waals surface area (Å²) in [5, 5.41) is 4.57. The van der Waals surface area contributed by atoms with E-state index in [1.165, 1.54) is 11.3 Å². The highest BCUT2D eigenvalue weighted by atomic mass is 32.1. The molecule has 3 N–H and O–H groups in total. The van der Waals surface area contributed by atoms with Crippen LogP contribution in [0.15, 0.2) is 35.7 Å². The Labute approximate surface area is 120 Å². The van der Waals surface area contributed by atoms with Gasteiger partial charge in [-0.25, -0.2) is 0 Å². The fourth-order valence-corrected chi connectivity index (χ4v) is 2.46. The lowest BCUT2D eigenvalue weighted by atomic mass is 10.2. The van der Waals surface area contributed by atoms with E-state index in [-0.39, 0.29) is 10.9 Å². The van der Waals surface area contributed by atoms with E-state index < -0.39 is 0 Å². The van der Waals surface area contributed by atoms with Crippen LogP contribution in [0.5, 0.6) is 5.75 Å². The molecular formula is C13H12N2O2S2. The summed E-state index contributed by atoms with van der Waals surface area (Å²) in [6.45, 7) is 0. The molecule has 1 aromatic heterocycles. The van der Waals surface area contributed by atoms with Crippen molar-refractivity contribution < 1.29 is 9.53 Å². The van der Waals surface area contributed by atoms with Crippen LogP contribution in [0.25, 0.3) is 0 Å². The molecule has 0 aliphatic carbocycles. The molecule has 4 nitrogen and oxygen atoms in total. The highest BCUT2D eigenvalue weighted by Crippen LogP contribution is 2.23. The number of amides is 1. The molecule has 1 heterocycles. The van der Waals surface area contributed by atoms with E-state index in [0.717, 1.165) is 0 Å². The van der Waals surface area contributed by atoms with E-state index in [0.29, 0.717) is 21.9 Å². The minimum Gasteiger partial charge on any atom is -0.496 e. The number of thiophene rings is 1. The van der Waals surface area contributed by atoms with Gasteiger partial charge in [0.05, 0.1) is 17.7 Å². The molecule has 2 aromatic rings. The molecule has 0 saturated carbocycles.